The lowest BCUT2D eigenvalue weighted by Gasteiger charge is -2.13. The largest absolute Gasteiger partial charge is 0.493 e. The summed E-state index contributed by atoms with van der Waals surface area (Å²) >= 11 is 0. The van der Waals surface area contributed by atoms with E-state index in [1.54, 1.807) is 7.11 Å². The molecule has 0 saturated carbocycles. The molecule has 0 heterocycles. The summed E-state index contributed by atoms with van der Waals surface area (Å²) in [5, 5.41) is 0. The van der Waals surface area contributed by atoms with Gasteiger partial charge in [0.05, 0.1) is 7.11 Å². The number of benzene rings is 3. The van der Waals surface area contributed by atoms with Crippen LogP contribution in [0.4, 0.5) is 5.69 Å². The van der Waals surface area contributed by atoms with E-state index in [0.29, 0.717) is 13.2 Å². The van der Waals surface area contributed by atoms with E-state index in [1.165, 1.54) is 5.56 Å². The van der Waals surface area contributed by atoms with Gasteiger partial charge in [0.15, 0.2) is 11.5 Å². The van der Waals surface area contributed by atoms with Crippen LogP contribution in [0, 0.1) is 6.92 Å². The first-order chi connectivity index (χ1) is 12.7. The van der Waals surface area contributed by atoms with Gasteiger partial charge in [-0.25, -0.2) is 5.43 Å². The predicted octanol–water partition coefficient (Wildman–Crippen LogP) is 4.70. The number of aryl methyl sites for hydroxylation is 1. The van der Waals surface area contributed by atoms with Crippen molar-refractivity contribution in [1.29, 1.82) is 0 Å². The molecule has 3 aromatic carbocycles. The van der Waals surface area contributed by atoms with E-state index in [9.17, 15) is 0 Å². The molecule has 4 heteroatoms. The Balaban J connectivity index is 1.57. The molecule has 3 rings (SSSR count). The van der Waals surface area contributed by atoms with Crippen molar-refractivity contribution >= 4 is 5.69 Å². The third-order valence-electron chi connectivity index (χ3n) is 4.04. The normalized spacial score (nSPS) is 10.4. The van der Waals surface area contributed by atoms with Crippen LogP contribution in [0.25, 0.3) is 0 Å². The lowest BCUT2D eigenvalue weighted by molar-refractivity contribution is 0.284. The van der Waals surface area contributed by atoms with Crippen molar-refractivity contribution < 1.29 is 9.47 Å². The molecule has 0 saturated heterocycles. The third kappa shape index (κ3) is 5.01. The van der Waals surface area contributed by atoms with Crippen molar-refractivity contribution in [1.82, 2.24) is 5.43 Å². The van der Waals surface area contributed by atoms with Crippen LogP contribution < -0.4 is 20.3 Å². The number of nitrogens with one attached hydrogen (secondary N) is 2. The Hall–Kier alpha value is -2.98. The summed E-state index contributed by atoms with van der Waals surface area (Å²) in [6, 6.07) is 24.3. The topological polar surface area (TPSA) is 42.5 Å². The number of methoxy groups -OCH3 is 1. The summed E-state index contributed by atoms with van der Waals surface area (Å²) in [5.41, 5.74) is 10.9. The summed E-state index contributed by atoms with van der Waals surface area (Å²) in [4.78, 5) is 0. The van der Waals surface area contributed by atoms with Gasteiger partial charge < -0.3 is 14.9 Å². The fourth-order valence-electron chi connectivity index (χ4n) is 2.56. The second kappa shape index (κ2) is 8.92. The molecular formula is C22H24N2O2. The number of hydrogen-bond acceptors (Lipinski definition) is 4. The van der Waals surface area contributed by atoms with Gasteiger partial charge in [0.1, 0.15) is 6.61 Å². The highest BCUT2D eigenvalue weighted by Crippen LogP contribution is 2.29. The lowest BCUT2D eigenvalue weighted by Crippen LogP contribution is -2.20. The Kier molecular flexibility index (Phi) is 6.12. The van der Waals surface area contributed by atoms with Gasteiger partial charge >= 0.3 is 0 Å². The van der Waals surface area contributed by atoms with Crippen LogP contribution in [-0.2, 0) is 13.2 Å². The van der Waals surface area contributed by atoms with Crippen molar-refractivity contribution in [3.8, 4) is 11.5 Å². The summed E-state index contributed by atoms with van der Waals surface area (Å²) in [5.74, 6) is 1.48. The van der Waals surface area contributed by atoms with E-state index in [4.69, 9.17) is 9.47 Å². The van der Waals surface area contributed by atoms with Crippen molar-refractivity contribution in [2.45, 2.75) is 20.1 Å². The molecule has 0 aliphatic heterocycles. The van der Waals surface area contributed by atoms with E-state index >= 15 is 0 Å². The summed E-state index contributed by atoms with van der Waals surface area (Å²) in [6.45, 7) is 3.26. The summed E-state index contributed by atoms with van der Waals surface area (Å²) in [7, 11) is 1.66. The fraction of sp³-hybridized carbons (Fsp3) is 0.182. The molecular weight excluding hydrogens is 324 g/mol. The monoisotopic (exact) mass is 348 g/mol. The van der Waals surface area contributed by atoms with Gasteiger partial charge in [-0.15, -0.1) is 0 Å². The van der Waals surface area contributed by atoms with Crippen molar-refractivity contribution in [3.63, 3.8) is 0 Å². The molecule has 0 aliphatic rings. The highest BCUT2D eigenvalue weighted by atomic mass is 16.5. The molecule has 134 valence electrons. The van der Waals surface area contributed by atoms with Crippen LogP contribution in [0.2, 0.25) is 0 Å². The van der Waals surface area contributed by atoms with Gasteiger partial charge in [0, 0.05) is 12.2 Å². The Morgan fingerprint density at radius 2 is 1.54 bits per heavy atom. The first kappa shape index (κ1) is 17.8. The molecule has 4 nitrogen and oxygen atoms in total. The second-order valence-corrected chi connectivity index (χ2v) is 6.10. The first-order valence-electron chi connectivity index (χ1n) is 8.64. The van der Waals surface area contributed by atoms with E-state index in [2.05, 4.69) is 42.0 Å². The molecule has 0 atom stereocenters. The minimum atomic E-state index is 0.518. The standard InChI is InChI=1S/C22H24N2O2/c1-17-8-10-18(11-9-17)16-26-21-13-12-19(14-22(21)25-2)15-23-24-20-6-4-3-5-7-20/h3-14,23-24H,15-16H2,1-2H3. The molecule has 0 radical (unpaired) electrons. The van der Waals surface area contributed by atoms with E-state index in [0.717, 1.165) is 28.3 Å². The van der Waals surface area contributed by atoms with Gasteiger partial charge in [-0.05, 0) is 42.3 Å². The van der Waals surface area contributed by atoms with Crippen LogP contribution >= 0.6 is 0 Å². The van der Waals surface area contributed by atoms with Crippen molar-refractivity contribution in [2.24, 2.45) is 0 Å². The lowest BCUT2D eigenvalue weighted by atomic mass is 10.1. The van der Waals surface area contributed by atoms with Gasteiger partial charge in [-0.3, -0.25) is 0 Å². The first-order valence-corrected chi connectivity index (χ1v) is 8.64. The van der Waals surface area contributed by atoms with Gasteiger partial charge in [0.25, 0.3) is 0 Å². The molecule has 0 fully saturated rings. The number of ether oxygens (including phenoxy) is 2. The quantitative estimate of drug-likeness (QED) is 0.579. The summed E-state index contributed by atoms with van der Waals surface area (Å²) in [6.07, 6.45) is 0. The molecule has 0 spiro atoms. The number of hydrazine groups is 1. The predicted molar refractivity (Wildman–Crippen MR) is 105 cm³/mol. The molecule has 0 aromatic heterocycles. The maximum atomic E-state index is 5.92. The number of anilines is 1. The van der Waals surface area contributed by atoms with Gasteiger partial charge in [-0.2, -0.15) is 0 Å². The van der Waals surface area contributed by atoms with Crippen LogP contribution in [0.15, 0.2) is 72.8 Å². The molecule has 2 N–H and O–H groups in total. The van der Waals surface area contributed by atoms with E-state index in [-0.39, 0.29) is 0 Å². The van der Waals surface area contributed by atoms with Crippen molar-refractivity contribution in [3.05, 3.63) is 89.5 Å². The van der Waals surface area contributed by atoms with Gasteiger partial charge in [-0.1, -0.05) is 54.1 Å². The van der Waals surface area contributed by atoms with Gasteiger partial charge in [0.2, 0.25) is 0 Å². The zero-order chi connectivity index (χ0) is 18.2. The zero-order valence-corrected chi connectivity index (χ0v) is 15.2. The number of para-hydroxylation sites is 1. The number of hydrogen-bond donors (Lipinski definition) is 2. The Morgan fingerprint density at radius 1 is 0.808 bits per heavy atom. The summed E-state index contributed by atoms with van der Waals surface area (Å²) < 4.78 is 11.4. The maximum Gasteiger partial charge on any atom is 0.161 e. The van der Waals surface area contributed by atoms with Crippen LogP contribution in [0.1, 0.15) is 16.7 Å². The third-order valence-corrected chi connectivity index (χ3v) is 4.04. The molecule has 0 aliphatic carbocycles. The van der Waals surface area contributed by atoms with Crippen LogP contribution in [-0.4, -0.2) is 7.11 Å². The van der Waals surface area contributed by atoms with Crippen LogP contribution in [0.5, 0.6) is 11.5 Å². The second-order valence-electron chi connectivity index (χ2n) is 6.10. The minimum absolute atomic E-state index is 0.518. The molecule has 3 aromatic rings. The van der Waals surface area contributed by atoms with Crippen molar-refractivity contribution in [2.75, 3.05) is 12.5 Å². The van der Waals surface area contributed by atoms with Crippen LogP contribution in [0.3, 0.4) is 0 Å². The average molecular weight is 348 g/mol. The smallest absolute Gasteiger partial charge is 0.161 e. The van der Waals surface area contributed by atoms with E-state index in [1.807, 2.05) is 48.5 Å². The van der Waals surface area contributed by atoms with E-state index < -0.39 is 0 Å². The number of rotatable bonds is 8. The highest BCUT2D eigenvalue weighted by molar-refractivity contribution is 5.44. The molecule has 0 bridgehead atoms. The molecule has 26 heavy (non-hydrogen) atoms. The Morgan fingerprint density at radius 3 is 2.27 bits per heavy atom. The Labute approximate surface area is 154 Å². The fourth-order valence-corrected chi connectivity index (χ4v) is 2.56. The molecule has 0 unspecified atom stereocenters. The zero-order valence-electron chi connectivity index (χ0n) is 15.2. The highest BCUT2D eigenvalue weighted by Gasteiger charge is 2.06. The average Bonchev–Trinajstić information content (AvgIpc) is 2.69. The Bertz CT molecular complexity index is 817. The SMILES string of the molecule is COc1cc(CNNc2ccccc2)ccc1OCc1ccc(C)cc1. The molecule has 0 amide bonds. The maximum absolute atomic E-state index is 5.92. The minimum Gasteiger partial charge on any atom is -0.493 e.